The van der Waals surface area contributed by atoms with Crippen molar-refractivity contribution in [1.82, 2.24) is 5.32 Å². The Morgan fingerprint density at radius 1 is 1.47 bits per heavy atom. The van der Waals surface area contributed by atoms with E-state index in [0.29, 0.717) is 6.42 Å². The molecule has 1 aromatic carbocycles. The molecule has 1 aromatic rings. The smallest absolute Gasteiger partial charge is 0.321 e. The fourth-order valence-corrected chi connectivity index (χ4v) is 1.28. The lowest BCUT2D eigenvalue weighted by Crippen LogP contribution is -2.38. The Labute approximate surface area is 89.1 Å². The van der Waals surface area contributed by atoms with Crippen LogP contribution in [-0.4, -0.2) is 23.7 Å². The summed E-state index contributed by atoms with van der Waals surface area (Å²) in [4.78, 5) is 10.9. The van der Waals surface area contributed by atoms with Gasteiger partial charge in [0.25, 0.3) is 0 Å². The molecule has 2 N–H and O–H groups in total. The van der Waals surface area contributed by atoms with Crippen molar-refractivity contribution >= 4 is 5.97 Å². The molecule has 0 saturated heterocycles. The number of carbonyl (C=O) groups is 1. The van der Waals surface area contributed by atoms with E-state index in [9.17, 15) is 4.79 Å². The van der Waals surface area contributed by atoms with E-state index in [1.807, 2.05) is 30.3 Å². The van der Waals surface area contributed by atoms with Gasteiger partial charge in [-0.3, -0.25) is 10.1 Å². The van der Waals surface area contributed by atoms with E-state index in [-0.39, 0.29) is 6.54 Å². The highest BCUT2D eigenvalue weighted by Gasteiger charge is 2.16. The Morgan fingerprint density at radius 3 is 2.67 bits per heavy atom. The molecule has 0 radical (unpaired) electrons. The van der Waals surface area contributed by atoms with E-state index < -0.39 is 12.0 Å². The van der Waals surface area contributed by atoms with Crippen molar-refractivity contribution in [3.8, 4) is 12.3 Å². The number of rotatable bonds is 5. The standard InChI is InChI=1S/C12H13NO2/c1-2-8-13-11(12(14)15)9-10-6-4-3-5-7-10/h1,3-7,11,13H,8-9H2,(H,14,15). The summed E-state index contributed by atoms with van der Waals surface area (Å²) in [6.07, 6.45) is 5.51. The van der Waals surface area contributed by atoms with Gasteiger partial charge in [-0.25, -0.2) is 0 Å². The highest BCUT2D eigenvalue weighted by atomic mass is 16.4. The first-order valence-corrected chi connectivity index (χ1v) is 4.67. The van der Waals surface area contributed by atoms with Crippen LogP contribution in [0.5, 0.6) is 0 Å². The summed E-state index contributed by atoms with van der Waals surface area (Å²) in [5.74, 6) is 1.48. The van der Waals surface area contributed by atoms with Crippen LogP contribution in [0.2, 0.25) is 0 Å². The summed E-state index contributed by atoms with van der Waals surface area (Å²) in [6, 6.07) is 8.84. The quantitative estimate of drug-likeness (QED) is 0.699. The van der Waals surface area contributed by atoms with Gasteiger partial charge in [-0.15, -0.1) is 6.42 Å². The summed E-state index contributed by atoms with van der Waals surface area (Å²) in [5, 5.41) is 11.7. The second-order valence-electron chi connectivity index (χ2n) is 3.17. The van der Waals surface area contributed by atoms with Crippen LogP contribution in [0.3, 0.4) is 0 Å². The molecule has 0 heterocycles. The van der Waals surface area contributed by atoms with Gasteiger partial charge in [0.1, 0.15) is 6.04 Å². The molecule has 1 atom stereocenters. The number of hydrogen-bond donors (Lipinski definition) is 2. The van der Waals surface area contributed by atoms with E-state index >= 15 is 0 Å². The van der Waals surface area contributed by atoms with E-state index in [1.54, 1.807) is 0 Å². The first kappa shape index (κ1) is 11.3. The Hall–Kier alpha value is -1.79. The van der Waals surface area contributed by atoms with Crippen molar-refractivity contribution in [3.63, 3.8) is 0 Å². The van der Waals surface area contributed by atoms with E-state index in [4.69, 9.17) is 11.5 Å². The predicted molar refractivity (Wildman–Crippen MR) is 58.4 cm³/mol. The highest BCUT2D eigenvalue weighted by molar-refractivity contribution is 5.73. The molecular formula is C12H13NO2. The largest absolute Gasteiger partial charge is 0.480 e. The van der Waals surface area contributed by atoms with Gasteiger partial charge in [-0.05, 0) is 12.0 Å². The molecule has 1 unspecified atom stereocenters. The molecule has 0 bridgehead atoms. The molecule has 0 fully saturated rings. The van der Waals surface area contributed by atoms with Crippen LogP contribution in [0.15, 0.2) is 30.3 Å². The lowest BCUT2D eigenvalue weighted by Gasteiger charge is -2.12. The summed E-state index contributed by atoms with van der Waals surface area (Å²) in [7, 11) is 0. The lowest BCUT2D eigenvalue weighted by molar-refractivity contribution is -0.139. The zero-order valence-corrected chi connectivity index (χ0v) is 8.31. The van der Waals surface area contributed by atoms with Crippen LogP contribution in [-0.2, 0) is 11.2 Å². The van der Waals surface area contributed by atoms with Crippen LogP contribution in [0, 0.1) is 12.3 Å². The third-order valence-electron chi connectivity index (χ3n) is 2.03. The van der Waals surface area contributed by atoms with Gasteiger partial charge < -0.3 is 5.11 Å². The number of carboxylic acids is 1. The Balaban J connectivity index is 2.60. The number of aliphatic carboxylic acids is 1. The zero-order chi connectivity index (χ0) is 11.1. The maximum absolute atomic E-state index is 10.9. The average Bonchev–Trinajstić information content (AvgIpc) is 2.25. The first-order valence-electron chi connectivity index (χ1n) is 4.67. The van der Waals surface area contributed by atoms with Gasteiger partial charge in [0.2, 0.25) is 0 Å². The van der Waals surface area contributed by atoms with Gasteiger partial charge in [0.05, 0.1) is 6.54 Å². The number of benzene rings is 1. The topological polar surface area (TPSA) is 49.3 Å². The summed E-state index contributed by atoms with van der Waals surface area (Å²) < 4.78 is 0. The van der Waals surface area contributed by atoms with Crippen LogP contribution >= 0.6 is 0 Å². The molecule has 1 rings (SSSR count). The molecule has 0 aliphatic rings. The molecule has 15 heavy (non-hydrogen) atoms. The summed E-state index contributed by atoms with van der Waals surface area (Å²) >= 11 is 0. The zero-order valence-electron chi connectivity index (χ0n) is 8.31. The van der Waals surface area contributed by atoms with Crippen molar-refractivity contribution in [3.05, 3.63) is 35.9 Å². The molecule has 0 saturated carbocycles. The van der Waals surface area contributed by atoms with Gasteiger partial charge in [0, 0.05) is 0 Å². The normalized spacial score (nSPS) is 11.7. The van der Waals surface area contributed by atoms with Crippen molar-refractivity contribution in [2.75, 3.05) is 6.54 Å². The lowest BCUT2D eigenvalue weighted by atomic mass is 10.1. The van der Waals surface area contributed by atoms with E-state index in [0.717, 1.165) is 5.56 Å². The number of carboxylic acid groups (broad SMARTS) is 1. The summed E-state index contributed by atoms with van der Waals surface area (Å²) in [6.45, 7) is 0.268. The summed E-state index contributed by atoms with van der Waals surface area (Å²) in [5.41, 5.74) is 0.981. The maximum atomic E-state index is 10.9. The second-order valence-corrected chi connectivity index (χ2v) is 3.17. The van der Waals surface area contributed by atoms with Gasteiger partial charge in [-0.2, -0.15) is 0 Å². The minimum absolute atomic E-state index is 0.268. The first-order chi connectivity index (χ1) is 7.24. The number of terminal acetylenes is 1. The van der Waals surface area contributed by atoms with E-state index in [2.05, 4.69) is 11.2 Å². The number of hydrogen-bond acceptors (Lipinski definition) is 2. The predicted octanol–water partition coefficient (Wildman–Crippen LogP) is 0.905. The second kappa shape index (κ2) is 5.84. The molecule has 3 heteroatoms. The Morgan fingerprint density at radius 2 is 2.13 bits per heavy atom. The molecule has 0 aliphatic carbocycles. The minimum atomic E-state index is -0.880. The van der Waals surface area contributed by atoms with Gasteiger partial charge >= 0.3 is 5.97 Å². The highest BCUT2D eigenvalue weighted by Crippen LogP contribution is 2.03. The molecule has 0 amide bonds. The van der Waals surface area contributed by atoms with Crippen molar-refractivity contribution < 1.29 is 9.90 Å². The SMILES string of the molecule is C#CCNC(Cc1ccccc1)C(=O)O. The molecular weight excluding hydrogens is 190 g/mol. The molecule has 0 aliphatic heterocycles. The fraction of sp³-hybridized carbons (Fsp3) is 0.250. The van der Waals surface area contributed by atoms with Crippen molar-refractivity contribution in [1.29, 1.82) is 0 Å². The fourth-order valence-electron chi connectivity index (χ4n) is 1.28. The van der Waals surface area contributed by atoms with Crippen LogP contribution in [0.4, 0.5) is 0 Å². The van der Waals surface area contributed by atoms with Crippen LogP contribution < -0.4 is 5.32 Å². The third kappa shape index (κ3) is 3.84. The molecule has 3 nitrogen and oxygen atoms in total. The van der Waals surface area contributed by atoms with Crippen LogP contribution in [0.25, 0.3) is 0 Å². The Kier molecular flexibility index (Phi) is 4.39. The minimum Gasteiger partial charge on any atom is -0.480 e. The molecule has 78 valence electrons. The van der Waals surface area contributed by atoms with E-state index in [1.165, 1.54) is 0 Å². The third-order valence-corrected chi connectivity index (χ3v) is 2.03. The molecule has 0 spiro atoms. The maximum Gasteiger partial charge on any atom is 0.321 e. The average molecular weight is 203 g/mol. The monoisotopic (exact) mass is 203 g/mol. The van der Waals surface area contributed by atoms with Crippen molar-refractivity contribution in [2.24, 2.45) is 0 Å². The number of nitrogens with one attached hydrogen (secondary N) is 1. The van der Waals surface area contributed by atoms with Crippen LogP contribution in [0.1, 0.15) is 5.56 Å². The van der Waals surface area contributed by atoms with Gasteiger partial charge in [-0.1, -0.05) is 36.3 Å². The van der Waals surface area contributed by atoms with Crippen molar-refractivity contribution in [2.45, 2.75) is 12.5 Å². The Bertz CT molecular complexity index is 354. The van der Waals surface area contributed by atoms with Gasteiger partial charge in [0.15, 0.2) is 0 Å². The molecule has 0 aromatic heterocycles.